The van der Waals surface area contributed by atoms with Crippen molar-refractivity contribution in [2.24, 2.45) is 0 Å². The maximum absolute atomic E-state index is 12.5. The van der Waals surface area contributed by atoms with E-state index >= 15 is 0 Å². The van der Waals surface area contributed by atoms with Gasteiger partial charge in [-0.3, -0.25) is 14.2 Å². The van der Waals surface area contributed by atoms with Crippen molar-refractivity contribution in [1.82, 2.24) is 14.9 Å². The number of nitrogens with zero attached hydrogens (tertiary/aromatic N) is 2. The summed E-state index contributed by atoms with van der Waals surface area (Å²) in [5.74, 6) is 1.25. The molecule has 0 radical (unpaired) electrons. The molecular formula is C22H23N3O5. The summed E-state index contributed by atoms with van der Waals surface area (Å²) in [6.07, 6.45) is 1.47. The van der Waals surface area contributed by atoms with Crippen molar-refractivity contribution in [3.63, 3.8) is 0 Å². The molecular weight excluding hydrogens is 386 g/mol. The number of aromatic nitrogens is 2. The Balaban J connectivity index is 1.65. The zero-order valence-corrected chi connectivity index (χ0v) is 17.0. The Morgan fingerprint density at radius 3 is 2.43 bits per heavy atom. The molecule has 3 rings (SSSR count). The second kappa shape index (κ2) is 9.60. The monoisotopic (exact) mass is 409 g/mol. The van der Waals surface area contributed by atoms with Gasteiger partial charge < -0.3 is 19.5 Å². The number of methoxy groups -OCH3 is 3. The molecule has 0 spiro atoms. The van der Waals surface area contributed by atoms with Crippen LogP contribution in [0.2, 0.25) is 0 Å². The second-order valence-electron chi connectivity index (χ2n) is 6.33. The van der Waals surface area contributed by atoms with Gasteiger partial charge in [0.1, 0.15) is 5.75 Å². The minimum Gasteiger partial charge on any atom is -0.497 e. The Hall–Kier alpha value is -3.81. The molecule has 0 atom stereocenters. The average molecular weight is 409 g/mol. The first kappa shape index (κ1) is 20.9. The number of amides is 1. The molecule has 1 heterocycles. The Morgan fingerprint density at radius 1 is 1.03 bits per heavy atom. The van der Waals surface area contributed by atoms with E-state index in [1.54, 1.807) is 25.3 Å². The van der Waals surface area contributed by atoms with E-state index in [9.17, 15) is 9.59 Å². The first-order chi connectivity index (χ1) is 14.6. The summed E-state index contributed by atoms with van der Waals surface area (Å²) >= 11 is 0. The summed E-state index contributed by atoms with van der Waals surface area (Å²) < 4.78 is 17.1. The third kappa shape index (κ3) is 4.60. The van der Waals surface area contributed by atoms with Crippen LogP contribution in [-0.2, 0) is 6.54 Å². The predicted molar refractivity (Wildman–Crippen MR) is 112 cm³/mol. The van der Waals surface area contributed by atoms with Crippen molar-refractivity contribution in [2.45, 2.75) is 6.54 Å². The number of carbonyl (C=O) groups is 1. The van der Waals surface area contributed by atoms with Crippen LogP contribution in [0.3, 0.4) is 0 Å². The minimum atomic E-state index is -0.318. The highest BCUT2D eigenvalue weighted by atomic mass is 16.5. The van der Waals surface area contributed by atoms with Crippen LogP contribution in [0.5, 0.6) is 17.2 Å². The normalized spacial score (nSPS) is 10.4. The lowest BCUT2D eigenvalue weighted by Crippen LogP contribution is -2.31. The molecule has 8 heteroatoms. The zero-order valence-electron chi connectivity index (χ0n) is 17.0. The van der Waals surface area contributed by atoms with Crippen LogP contribution < -0.4 is 25.1 Å². The SMILES string of the molecule is COc1ccc(-c2cc(=O)n(CCNC(=O)c3cccc(OC)c3OC)cn2)cc1. The number of hydrogen-bond donors (Lipinski definition) is 1. The van der Waals surface area contributed by atoms with Crippen molar-refractivity contribution in [3.05, 3.63) is 70.8 Å². The number of rotatable bonds is 8. The van der Waals surface area contributed by atoms with Crippen LogP contribution in [0.15, 0.2) is 59.7 Å². The summed E-state index contributed by atoms with van der Waals surface area (Å²) in [6.45, 7) is 0.537. The van der Waals surface area contributed by atoms with Crippen molar-refractivity contribution in [2.75, 3.05) is 27.9 Å². The molecule has 0 saturated heterocycles. The molecule has 0 saturated carbocycles. The van der Waals surface area contributed by atoms with Gasteiger partial charge in [0.25, 0.3) is 11.5 Å². The van der Waals surface area contributed by atoms with Gasteiger partial charge in [0.05, 0.1) is 38.9 Å². The Kier molecular flexibility index (Phi) is 6.69. The largest absolute Gasteiger partial charge is 0.497 e. The van der Waals surface area contributed by atoms with E-state index in [0.29, 0.717) is 22.8 Å². The number of para-hydroxylation sites is 1. The van der Waals surface area contributed by atoms with E-state index < -0.39 is 0 Å². The van der Waals surface area contributed by atoms with Crippen molar-refractivity contribution < 1.29 is 19.0 Å². The van der Waals surface area contributed by atoms with Crippen molar-refractivity contribution >= 4 is 5.91 Å². The van der Waals surface area contributed by atoms with Crippen LogP contribution in [0.1, 0.15) is 10.4 Å². The molecule has 3 aromatic rings. The number of hydrogen-bond acceptors (Lipinski definition) is 6. The van der Waals surface area contributed by atoms with Gasteiger partial charge in [0.15, 0.2) is 11.5 Å². The fourth-order valence-electron chi connectivity index (χ4n) is 2.96. The summed E-state index contributed by atoms with van der Waals surface area (Å²) in [6, 6.07) is 13.8. The van der Waals surface area contributed by atoms with Gasteiger partial charge in [-0.2, -0.15) is 0 Å². The Bertz CT molecular complexity index is 1080. The third-order valence-electron chi connectivity index (χ3n) is 4.55. The van der Waals surface area contributed by atoms with Crippen LogP contribution in [-0.4, -0.2) is 43.3 Å². The molecule has 0 aliphatic rings. The van der Waals surface area contributed by atoms with Crippen LogP contribution in [0.25, 0.3) is 11.3 Å². The molecule has 30 heavy (non-hydrogen) atoms. The number of ether oxygens (including phenoxy) is 3. The second-order valence-corrected chi connectivity index (χ2v) is 6.33. The highest BCUT2D eigenvalue weighted by molar-refractivity contribution is 5.97. The fourth-order valence-corrected chi connectivity index (χ4v) is 2.96. The predicted octanol–water partition coefficient (Wildman–Crippen LogP) is 2.37. The first-order valence-electron chi connectivity index (χ1n) is 9.27. The zero-order chi connectivity index (χ0) is 21.5. The van der Waals surface area contributed by atoms with Gasteiger partial charge in [0.2, 0.25) is 0 Å². The lowest BCUT2D eigenvalue weighted by atomic mass is 10.1. The maximum Gasteiger partial charge on any atom is 0.255 e. The van der Waals surface area contributed by atoms with Gasteiger partial charge in [-0.1, -0.05) is 6.07 Å². The fraction of sp³-hybridized carbons (Fsp3) is 0.227. The molecule has 0 bridgehead atoms. The number of nitrogens with one attached hydrogen (secondary N) is 1. The molecule has 0 unspecified atom stereocenters. The molecule has 0 aliphatic heterocycles. The van der Waals surface area contributed by atoms with E-state index in [4.69, 9.17) is 14.2 Å². The lowest BCUT2D eigenvalue weighted by molar-refractivity contribution is 0.0948. The van der Waals surface area contributed by atoms with Crippen LogP contribution in [0.4, 0.5) is 0 Å². The number of carbonyl (C=O) groups excluding carboxylic acids is 1. The summed E-state index contributed by atoms with van der Waals surface area (Å²) in [5.41, 5.74) is 1.55. The van der Waals surface area contributed by atoms with Gasteiger partial charge in [-0.05, 0) is 36.4 Å². The summed E-state index contributed by atoms with van der Waals surface area (Å²) in [7, 11) is 4.58. The Morgan fingerprint density at radius 2 is 1.80 bits per heavy atom. The van der Waals surface area contributed by atoms with Gasteiger partial charge in [0, 0.05) is 24.7 Å². The highest BCUT2D eigenvalue weighted by Crippen LogP contribution is 2.30. The van der Waals surface area contributed by atoms with E-state index in [-0.39, 0.29) is 24.6 Å². The molecule has 1 aromatic heterocycles. The highest BCUT2D eigenvalue weighted by Gasteiger charge is 2.16. The van der Waals surface area contributed by atoms with E-state index in [1.165, 1.54) is 31.2 Å². The lowest BCUT2D eigenvalue weighted by Gasteiger charge is -2.13. The molecule has 2 aromatic carbocycles. The topological polar surface area (TPSA) is 91.7 Å². The maximum atomic E-state index is 12.5. The van der Waals surface area contributed by atoms with Crippen LogP contribution >= 0.6 is 0 Å². The van der Waals surface area contributed by atoms with Crippen LogP contribution in [0, 0.1) is 0 Å². The van der Waals surface area contributed by atoms with Gasteiger partial charge in [-0.15, -0.1) is 0 Å². The van der Waals surface area contributed by atoms with E-state index in [0.717, 1.165) is 11.3 Å². The molecule has 0 fully saturated rings. The minimum absolute atomic E-state index is 0.205. The summed E-state index contributed by atoms with van der Waals surface area (Å²) in [5, 5.41) is 2.78. The smallest absolute Gasteiger partial charge is 0.255 e. The van der Waals surface area contributed by atoms with Gasteiger partial charge in [-0.25, -0.2) is 4.98 Å². The van der Waals surface area contributed by atoms with E-state index in [1.807, 2.05) is 24.3 Å². The molecule has 156 valence electrons. The first-order valence-corrected chi connectivity index (χ1v) is 9.27. The van der Waals surface area contributed by atoms with Crippen molar-refractivity contribution in [3.8, 4) is 28.5 Å². The Labute approximate surface area is 174 Å². The molecule has 8 nitrogen and oxygen atoms in total. The van der Waals surface area contributed by atoms with E-state index in [2.05, 4.69) is 10.3 Å². The molecule has 1 amide bonds. The number of benzene rings is 2. The molecule has 0 aliphatic carbocycles. The summed E-state index contributed by atoms with van der Waals surface area (Å²) in [4.78, 5) is 29.3. The third-order valence-corrected chi connectivity index (χ3v) is 4.55. The van der Waals surface area contributed by atoms with Crippen molar-refractivity contribution in [1.29, 1.82) is 0 Å². The quantitative estimate of drug-likeness (QED) is 0.614. The average Bonchev–Trinajstić information content (AvgIpc) is 2.79. The standard InChI is InChI=1S/C22H23N3O5/c1-28-16-9-7-15(8-10-16)18-13-20(26)25(14-24-18)12-11-23-22(27)17-5-4-6-19(29-2)21(17)30-3/h4-10,13-14H,11-12H2,1-3H3,(H,23,27). The molecule has 1 N–H and O–H groups in total. The van der Waals surface area contributed by atoms with Gasteiger partial charge >= 0.3 is 0 Å².